The lowest BCUT2D eigenvalue weighted by molar-refractivity contribution is -0.130. The van der Waals surface area contributed by atoms with Gasteiger partial charge >= 0.3 is 0 Å². The van der Waals surface area contributed by atoms with Crippen molar-refractivity contribution in [3.8, 4) is 0 Å². The summed E-state index contributed by atoms with van der Waals surface area (Å²) in [5.74, 6) is 0.769. The van der Waals surface area contributed by atoms with Crippen LogP contribution < -0.4 is 5.32 Å². The second kappa shape index (κ2) is 5.19. The van der Waals surface area contributed by atoms with E-state index in [0.29, 0.717) is 12.6 Å². The van der Waals surface area contributed by atoms with Crippen molar-refractivity contribution < 1.29 is 14.6 Å². The number of hydrogen-bond donors (Lipinski definition) is 2. The fourth-order valence-electron chi connectivity index (χ4n) is 1.66. The van der Waals surface area contributed by atoms with Gasteiger partial charge in [-0.05, 0) is 25.2 Å². The van der Waals surface area contributed by atoms with Gasteiger partial charge in [-0.25, -0.2) is 0 Å². The molecule has 1 amide bonds. The predicted molar refractivity (Wildman–Crippen MR) is 47.9 cm³/mol. The largest absolute Gasteiger partial charge is 0.396 e. The van der Waals surface area contributed by atoms with Gasteiger partial charge in [0, 0.05) is 19.6 Å². The van der Waals surface area contributed by atoms with E-state index in [1.54, 1.807) is 7.11 Å². The van der Waals surface area contributed by atoms with Crippen molar-refractivity contribution in [2.24, 2.45) is 11.8 Å². The van der Waals surface area contributed by atoms with Crippen LogP contribution in [-0.2, 0) is 9.53 Å². The van der Waals surface area contributed by atoms with Crippen LogP contribution in [0.5, 0.6) is 0 Å². The SMILES string of the molecule is COCNC(=O)C1CC(CCO)C1. The minimum absolute atomic E-state index is 0.0797. The van der Waals surface area contributed by atoms with E-state index in [1.165, 1.54) is 0 Å². The normalized spacial score (nSPS) is 26.6. The van der Waals surface area contributed by atoms with E-state index in [2.05, 4.69) is 5.32 Å². The molecule has 1 aliphatic carbocycles. The van der Waals surface area contributed by atoms with Gasteiger partial charge in [-0.3, -0.25) is 4.79 Å². The lowest BCUT2D eigenvalue weighted by atomic mass is 9.73. The number of amides is 1. The van der Waals surface area contributed by atoms with Crippen LogP contribution in [0.15, 0.2) is 0 Å². The Morgan fingerprint density at radius 2 is 2.31 bits per heavy atom. The molecule has 2 N–H and O–H groups in total. The molecule has 1 rings (SSSR count). The fraction of sp³-hybridized carbons (Fsp3) is 0.889. The minimum Gasteiger partial charge on any atom is -0.396 e. The van der Waals surface area contributed by atoms with Crippen molar-refractivity contribution in [2.45, 2.75) is 19.3 Å². The lowest BCUT2D eigenvalue weighted by Gasteiger charge is -2.33. The zero-order valence-electron chi connectivity index (χ0n) is 7.95. The van der Waals surface area contributed by atoms with Crippen LogP contribution in [0.1, 0.15) is 19.3 Å². The van der Waals surface area contributed by atoms with E-state index in [9.17, 15) is 4.79 Å². The van der Waals surface area contributed by atoms with Crippen LogP contribution in [0.25, 0.3) is 0 Å². The molecule has 76 valence electrons. The third kappa shape index (κ3) is 2.97. The Bertz CT molecular complexity index is 166. The molecule has 0 bridgehead atoms. The molecule has 1 saturated carbocycles. The first-order valence-corrected chi connectivity index (χ1v) is 4.65. The average molecular weight is 187 g/mol. The lowest BCUT2D eigenvalue weighted by Crippen LogP contribution is -2.39. The van der Waals surface area contributed by atoms with Crippen molar-refractivity contribution in [2.75, 3.05) is 20.4 Å². The van der Waals surface area contributed by atoms with Crippen LogP contribution in [0, 0.1) is 11.8 Å². The molecule has 0 aromatic heterocycles. The Hall–Kier alpha value is -0.610. The van der Waals surface area contributed by atoms with Crippen LogP contribution in [0.2, 0.25) is 0 Å². The number of rotatable bonds is 5. The number of methoxy groups -OCH3 is 1. The number of hydrogen-bond acceptors (Lipinski definition) is 3. The van der Waals surface area contributed by atoms with Crippen molar-refractivity contribution >= 4 is 5.91 Å². The Morgan fingerprint density at radius 3 is 2.85 bits per heavy atom. The summed E-state index contributed by atoms with van der Waals surface area (Å²) >= 11 is 0. The molecule has 13 heavy (non-hydrogen) atoms. The highest BCUT2D eigenvalue weighted by Crippen LogP contribution is 2.35. The molecule has 0 aromatic rings. The maximum Gasteiger partial charge on any atom is 0.224 e. The molecule has 0 aromatic carbocycles. The molecular weight excluding hydrogens is 170 g/mol. The third-order valence-corrected chi connectivity index (χ3v) is 2.53. The first-order chi connectivity index (χ1) is 6.27. The summed E-state index contributed by atoms with van der Waals surface area (Å²) in [5.41, 5.74) is 0. The smallest absolute Gasteiger partial charge is 0.224 e. The zero-order valence-corrected chi connectivity index (χ0v) is 7.95. The molecule has 0 atom stereocenters. The highest BCUT2D eigenvalue weighted by molar-refractivity contribution is 5.79. The summed E-state index contributed by atoms with van der Waals surface area (Å²) in [6.07, 6.45) is 2.65. The number of ether oxygens (including phenoxy) is 1. The monoisotopic (exact) mass is 187 g/mol. The number of nitrogens with one attached hydrogen (secondary N) is 1. The molecule has 0 heterocycles. The van der Waals surface area contributed by atoms with Gasteiger partial charge in [0.05, 0.1) is 0 Å². The van der Waals surface area contributed by atoms with Crippen molar-refractivity contribution in [3.05, 3.63) is 0 Å². The number of aliphatic hydroxyl groups excluding tert-OH is 1. The van der Waals surface area contributed by atoms with Crippen LogP contribution >= 0.6 is 0 Å². The summed E-state index contributed by atoms with van der Waals surface area (Å²) in [4.78, 5) is 11.3. The molecule has 1 fully saturated rings. The molecule has 0 spiro atoms. The summed E-state index contributed by atoms with van der Waals surface area (Å²) in [5, 5.41) is 11.3. The summed E-state index contributed by atoms with van der Waals surface area (Å²) in [7, 11) is 1.55. The minimum atomic E-state index is 0.0797. The molecule has 4 nitrogen and oxygen atoms in total. The standard InChI is InChI=1S/C9H17NO3/c1-13-6-10-9(12)8-4-7(5-8)2-3-11/h7-8,11H,2-6H2,1H3,(H,10,12). The highest BCUT2D eigenvalue weighted by Gasteiger charge is 2.33. The van der Waals surface area contributed by atoms with E-state index in [-0.39, 0.29) is 18.4 Å². The van der Waals surface area contributed by atoms with E-state index in [1.807, 2.05) is 0 Å². The first kappa shape index (κ1) is 10.5. The van der Waals surface area contributed by atoms with Gasteiger partial charge in [-0.1, -0.05) is 0 Å². The molecule has 0 saturated heterocycles. The van der Waals surface area contributed by atoms with E-state index >= 15 is 0 Å². The number of carbonyl (C=O) groups excluding carboxylic acids is 1. The van der Waals surface area contributed by atoms with Gasteiger partial charge in [-0.2, -0.15) is 0 Å². The number of aliphatic hydroxyl groups is 1. The second-order valence-electron chi connectivity index (χ2n) is 3.52. The van der Waals surface area contributed by atoms with Crippen LogP contribution in [-0.4, -0.2) is 31.5 Å². The van der Waals surface area contributed by atoms with Gasteiger partial charge in [0.1, 0.15) is 6.73 Å². The van der Waals surface area contributed by atoms with E-state index in [4.69, 9.17) is 9.84 Å². The van der Waals surface area contributed by atoms with Crippen molar-refractivity contribution in [1.29, 1.82) is 0 Å². The van der Waals surface area contributed by atoms with Gasteiger partial charge < -0.3 is 15.2 Å². The summed E-state index contributed by atoms with van der Waals surface area (Å²) in [6, 6.07) is 0. The maximum absolute atomic E-state index is 11.3. The molecule has 1 aliphatic rings. The quantitative estimate of drug-likeness (QED) is 0.601. The van der Waals surface area contributed by atoms with Gasteiger partial charge in [0.15, 0.2) is 0 Å². The van der Waals surface area contributed by atoms with E-state index in [0.717, 1.165) is 19.3 Å². The molecular formula is C9H17NO3. The Labute approximate surface area is 78.3 Å². The molecule has 0 aliphatic heterocycles. The number of carbonyl (C=O) groups is 1. The van der Waals surface area contributed by atoms with Crippen molar-refractivity contribution in [3.63, 3.8) is 0 Å². The maximum atomic E-state index is 11.3. The fourth-order valence-corrected chi connectivity index (χ4v) is 1.66. The van der Waals surface area contributed by atoms with Crippen LogP contribution in [0.4, 0.5) is 0 Å². The van der Waals surface area contributed by atoms with Gasteiger partial charge in [0.25, 0.3) is 0 Å². The van der Waals surface area contributed by atoms with E-state index < -0.39 is 0 Å². The zero-order chi connectivity index (χ0) is 9.68. The average Bonchev–Trinajstić information content (AvgIpc) is 2.06. The topological polar surface area (TPSA) is 58.6 Å². The second-order valence-corrected chi connectivity index (χ2v) is 3.52. The molecule has 4 heteroatoms. The third-order valence-electron chi connectivity index (χ3n) is 2.53. The predicted octanol–water partition coefficient (Wildman–Crippen LogP) is 0.115. The Morgan fingerprint density at radius 1 is 1.62 bits per heavy atom. The first-order valence-electron chi connectivity index (χ1n) is 4.65. The van der Waals surface area contributed by atoms with Gasteiger partial charge in [0.2, 0.25) is 5.91 Å². The molecule has 0 unspecified atom stereocenters. The van der Waals surface area contributed by atoms with Crippen molar-refractivity contribution in [1.82, 2.24) is 5.32 Å². The summed E-state index contributed by atoms with van der Waals surface area (Å²) < 4.78 is 4.73. The van der Waals surface area contributed by atoms with Gasteiger partial charge in [-0.15, -0.1) is 0 Å². The Kier molecular flexibility index (Phi) is 4.18. The Balaban J connectivity index is 2.08. The molecule has 0 radical (unpaired) electrons. The van der Waals surface area contributed by atoms with Crippen LogP contribution in [0.3, 0.4) is 0 Å². The highest BCUT2D eigenvalue weighted by atomic mass is 16.5. The summed E-state index contributed by atoms with van der Waals surface area (Å²) in [6.45, 7) is 0.525.